The van der Waals surface area contributed by atoms with Gasteiger partial charge in [-0.25, -0.2) is 0 Å². The van der Waals surface area contributed by atoms with E-state index in [2.05, 4.69) is 5.32 Å². The molecule has 5 nitrogen and oxygen atoms in total. The lowest BCUT2D eigenvalue weighted by molar-refractivity contribution is -0.133. The first-order valence-corrected chi connectivity index (χ1v) is 6.73. The van der Waals surface area contributed by atoms with Crippen LogP contribution in [0.25, 0.3) is 0 Å². The van der Waals surface area contributed by atoms with Gasteiger partial charge < -0.3 is 19.7 Å². The Morgan fingerprint density at radius 3 is 2.61 bits per heavy atom. The summed E-state index contributed by atoms with van der Waals surface area (Å²) in [5.74, 6) is 0.144. The highest BCUT2D eigenvalue weighted by Crippen LogP contribution is 2.21. The third-order valence-electron chi connectivity index (χ3n) is 3.68. The Hall–Kier alpha value is -0.650. The van der Waals surface area contributed by atoms with Crippen LogP contribution in [0.4, 0.5) is 0 Å². The fourth-order valence-electron chi connectivity index (χ4n) is 2.20. The van der Waals surface area contributed by atoms with Gasteiger partial charge >= 0.3 is 0 Å². The van der Waals surface area contributed by atoms with E-state index in [9.17, 15) is 4.79 Å². The minimum absolute atomic E-state index is 0.144. The van der Waals surface area contributed by atoms with Gasteiger partial charge in [0.1, 0.15) is 5.60 Å². The van der Waals surface area contributed by atoms with E-state index >= 15 is 0 Å². The lowest BCUT2D eigenvalue weighted by Gasteiger charge is -2.29. The van der Waals surface area contributed by atoms with Crippen molar-refractivity contribution in [1.82, 2.24) is 10.2 Å². The number of likely N-dealkylation sites (N-methyl/N-ethyl adjacent to an activating group) is 1. The molecular formula is C13H26N2O3. The second-order valence-corrected chi connectivity index (χ2v) is 4.80. The fraction of sp³-hybridized carbons (Fsp3) is 0.923. The molecular weight excluding hydrogens is 232 g/mol. The SMILES string of the molecule is CCN(CC)C(=O)C(C)NCC1(OC)CCOC1. The van der Waals surface area contributed by atoms with Crippen LogP contribution in [0, 0.1) is 0 Å². The summed E-state index contributed by atoms with van der Waals surface area (Å²) in [6.07, 6.45) is 0.878. The summed E-state index contributed by atoms with van der Waals surface area (Å²) in [5, 5.41) is 3.27. The first kappa shape index (κ1) is 15.4. The van der Waals surface area contributed by atoms with Crippen molar-refractivity contribution < 1.29 is 14.3 Å². The van der Waals surface area contributed by atoms with Crippen molar-refractivity contribution in [2.45, 2.75) is 38.8 Å². The molecule has 0 radical (unpaired) electrons. The van der Waals surface area contributed by atoms with Gasteiger partial charge in [-0.15, -0.1) is 0 Å². The van der Waals surface area contributed by atoms with Crippen molar-refractivity contribution in [3.8, 4) is 0 Å². The number of hydrogen-bond donors (Lipinski definition) is 1. The zero-order chi connectivity index (χ0) is 13.6. The van der Waals surface area contributed by atoms with Gasteiger partial charge in [-0.05, 0) is 20.8 Å². The molecule has 0 aromatic carbocycles. The number of carbonyl (C=O) groups is 1. The quantitative estimate of drug-likeness (QED) is 0.728. The van der Waals surface area contributed by atoms with Crippen molar-refractivity contribution in [3.63, 3.8) is 0 Å². The molecule has 0 bridgehead atoms. The summed E-state index contributed by atoms with van der Waals surface area (Å²) < 4.78 is 10.9. The first-order chi connectivity index (χ1) is 8.58. The molecule has 1 aliphatic rings. The normalized spacial score (nSPS) is 25.1. The highest BCUT2D eigenvalue weighted by atomic mass is 16.5. The molecule has 0 aromatic heterocycles. The lowest BCUT2D eigenvalue weighted by Crippen LogP contribution is -2.51. The van der Waals surface area contributed by atoms with E-state index in [1.54, 1.807) is 7.11 Å². The van der Waals surface area contributed by atoms with E-state index in [4.69, 9.17) is 9.47 Å². The molecule has 0 aromatic rings. The molecule has 2 unspecified atom stereocenters. The predicted molar refractivity (Wildman–Crippen MR) is 70.6 cm³/mol. The smallest absolute Gasteiger partial charge is 0.239 e. The number of carbonyl (C=O) groups excluding carboxylic acids is 1. The Morgan fingerprint density at radius 1 is 1.50 bits per heavy atom. The van der Waals surface area contributed by atoms with Crippen molar-refractivity contribution in [3.05, 3.63) is 0 Å². The summed E-state index contributed by atoms with van der Waals surface area (Å²) in [6, 6.07) is -0.183. The van der Waals surface area contributed by atoms with Gasteiger partial charge in [0.25, 0.3) is 0 Å². The summed E-state index contributed by atoms with van der Waals surface area (Å²) >= 11 is 0. The highest BCUT2D eigenvalue weighted by molar-refractivity contribution is 5.81. The topological polar surface area (TPSA) is 50.8 Å². The molecule has 1 N–H and O–H groups in total. The molecule has 1 aliphatic heterocycles. The van der Waals surface area contributed by atoms with Gasteiger partial charge in [-0.2, -0.15) is 0 Å². The Balaban J connectivity index is 2.44. The Bertz CT molecular complexity index is 261. The minimum atomic E-state index is -0.266. The maximum absolute atomic E-state index is 12.1. The van der Waals surface area contributed by atoms with Crippen LogP contribution < -0.4 is 5.32 Å². The molecule has 0 saturated carbocycles. The maximum Gasteiger partial charge on any atom is 0.239 e. The fourth-order valence-corrected chi connectivity index (χ4v) is 2.20. The molecule has 0 aliphatic carbocycles. The zero-order valence-corrected chi connectivity index (χ0v) is 12.0. The van der Waals surface area contributed by atoms with E-state index in [1.807, 2.05) is 25.7 Å². The van der Waals surface area contributed by atoms with Crippen LogP contribution in [-0.4, -0.2) is 62.4 Å². The van der Waals surface area contributed by atoms with Crippen LogP contribution in [0.15, 0.2) is 0 Å². The Labute approximate surface area is 110 Å². The first-order valence-electron chi connectivity index (χ1n) is 6.73. The Morgan fingerprint density at radius 2 is 2.17 bits per heavy atom. The van der Waals surface area contributed by atoms with E-state index < -0.39 is 0 Å². The summed E-state index contributed by atoms with van der Waals surface area (Å²) in [6.45, 7) is 9.37. The van der Waals surface area contributed by atoms with Crippen LogP contribution in [-0.2, 0) is 14.3 Å². The van der Waals surface area contributed by atoms with Crippen LogP contribution >= 0.6 is 0 Å². The second-order valence-electron chi connectivity index (χ2n) is 4.80. The number of nitrogens with one attached hydrogen (secondary N) is 1. The van der Waals surface area contributed by atoms with Crippen LogP contribution in [0.1, 0.15) is 27.2 Å². The van der Waals surface area contributed by atoms with Crippen LogP contribution in [0.2, 0.25) is 0 Å². The monoisotopic (exact) mass is 258 g/mol. The number of methoxy groups -OCH3 is 1. The largest absolute Gasteiger partial charge is 0.378 e. The van der Waals surface area contributed by atoms with E-state index in [1.165, 1.54) is 0 Å². The van der Waals surface area contributed by atoms with Crippen LogP contribution in [0.5, 0.6) is 0 Å². The second kappa shape index (κ2) is 7.07. The average molecular weight is 258 g/mol. The van der Waals surface area contributed by atoms with Crippen molar-refractivity contribution >= 4 is 5.91 Å². The molecule has 18 heavy (non-hydrogen) atoms. The molecule has 5 heteroatoms. The predicted octanol–water partition coefficient (Wildman–Crippen LogP) is 0.638. The number of amides is 1. The van der Waals surface area contributed by atoms with E-state index in [0.717, 1.165) is 26.1 Å². The summed E-state index contributed by atoms with van der Waals surface area (Å²) in [4.78, 5) is 13.9. The minimum Gasteiger partial charge on any atom is -0.378 e. The molecule has 0 spiro atoms. The number of hydrogen-bond acceptors (Lipinski definition) is 4. The highest BCUT2D eigenvalue weighted by Gasteiger charge is 2.35. The zero-order valence-electron chi connectivity index (χ0n) is 12.0. The van der Waals surface area contributed by atoms with E-state index in [0.29, 0.717) is 13.2 Å². The number of ether oxygens (including phenoxy) is 2. The molecule has 1 saturated heterocycles. The molecule has 1 fully saturated rings. The van der Waals surface area contributed by atoms with Crippen molar-refractivity contribution in [2.24, 2.45) is 0 Å². The van der Waals surface area contributed by atoms with Gasteiger partial charge in [0.15, 0.2) is 0 Å². The van der Waals surface area contributed by atoms with Crippen LogP contribution in [0.3, 0.4) is 0 Å². The third kappa shape index (κ3) is 3.67. The Kier molecular flexibility index (Phi) is 6.05. The number of rotatable bonds is 7. The molecule has 1 rings (SSSR count). The summed E-state index contributed by atoms with van der Waals surface area (Å²) in [7, 11) is 1.70. The van der Waals surface area contributed by atoms with Gasteiger partial charge in [0.2, 0.25) is 5.91 Å². The lowest BCUT2D eigenvalue weighted by atomic mass is 10.0. The third-order valence-corrected chi connectivity index (χ3v) is 3.68. The molecule has 1 heterocycles. The van der Waals surface area contributed by atoms with E-state index in [-0.39, 0.29) is 17.6 Å². The number of nitrogens with zero attached hydrogens (tertiary/aromatic N) is 1. The molecule has 2 atom stereocenters. The molecule has 106 valence electrons. The molecule has 1 amide bonds. The van der Waals surface area contributed by atoms with Gasteiger partial charge in [0, 0.05) is 39.8 Å². The maximum atomic E-state index is 12.1. The van der Waals surface area contributed by atoms with Gasteiger partial charge in [0.05, 0.1) is 12.6 Å². The van der Waals surface area contributed by atoms with Gasteiger partial charge in [-0.3, -0.25) is 4.79 Å². The standard InChI is InChI=1S/C13H26N2O3/c1-5-15(6-2)12(16)11(3)14-9-13(17-4)7-8-18-10-13/h11,14H,5-10H2,1-4H3. The van der Waals surface area contributed by atoms with Gasteiger partial charge in [-0.1, -0.05) is 0 Å². The average Bonchev–Trinajstić information content (AvgIpc) is 2.86. The van der Waals surface area contributed by atoms with Crippen molar-refractivity contribution in [2.75, 3.05) is 40.0 Å². The summed E-state index contributed by atoms with van der Waals surface area (Å²) in [5.41, 5.74) is -0.266. The van der Waals surface area contributed by atoms with Crippen molar-refractivity contribution in [1.29, 1.82) is 0 Å².